The quantitative estimate of drug-likeness (QED) is 0.813. The number of carbonyl (C=O) groups excluding carboxylic acids is 1. The monoisotopic (exact) mass is 378 g/mol. The summed E-state index contributed by atoms with van der Waals surface area (Å²) in [5.74, 6) is 3.94. The van der Waals surface area contributed by atoms with Gasteiger partial charge in [0, 0.05) is 37.3 Å². The highest BCUT2D eigenvalue weighted by atomic mass is 32.2. The minimum atomic E-state index is 0.100. The summed E-state index contributed by atoms with van der Waals surface area (Å²) in [5.41, 5.74) is 1.20. The Morgan fingerprint density at radius 2 is 2.08 bits per heavy atom. The topological polar surface area (TPSA) is 60.0 Å². The normalized spacial score (nSPS) is 25.4. The van der Waals surface area contributed by atoms with E-state index in [9.17, 15) is 4.79 Å². The first kappa shape index (κ1) is 17.9. The van der Waals surface area contributed by atoms with Gasteiger partial charge in [-0.05, 0) is 36.3 Å². The van der Waals surface area contributed by atoms with Crippen LogP contribution in [0.1, 0.15) is 18.4 Å². The average Bonchev–Trinajstić information content (AvgIpc) is 3.35. The second kappa shape index (κ2) is 8.06. The zero-order valence-corrected chi connectivity index (χ0v) is 15.8. The van der Waals surface area contributed by atoms with Crippen LogP contribution in [0.15, 0.2) is 18.2 Å². The molecular formula is C19H26N2O4S. The number of ether oxygens (including phenoxy) is 3. The van der Waals surface area contributed by atoms with Crippen molar-refractivity contribution in [3.05, 3.63) is 23.8 Å². The summed E-state index contributed by atoms with van der Waals surface area (Å²) in [4.78, 5) is 14.9. The molecule has 142 valence electrons. The van der Waals surface area contributed by atoms with Crippen LogP contribution in [0.2, 0.25) is 0 Å². The molecule has 2 fully saturated rings. The van der Waals surface area contributed by atoms with Gasteiger partial charge in [0.25, 0.3) is 0 Å². The highest BCUT2D eigenvalue weighted by Gasteiger charge is 2.40. The van der Waals surface area contributed by atoms with Gasteiger partial charge in [-0.3, -0.25) is 9.69 Å². The van der Waals surface area contributed by atoms with Crippen molar-refractivity contribution in [2.75, 3.05) is 51.1 Å². The minimum absolute atomic E-state index is 0.100. The molecule has 4 rings (SSSR count). The van der Waals surface area contributed by atoms with Crippen molar-refractivity contribution in [1.29, 1.82) is 0 Å². The van der Waals surface area contributed by atoms with Gasteiger partial charge in [-0.15, -0.1) is 0 Å². The van der Waals surface area contributed by atoms with E-state index in [1.54, 1.807) is 0 Å². The summed E-state index contributed by atoms with van der Waals surface area (Å²) >= 11 is 1.99. The van der Waals surface area contributed by atoms with Crippen LogP contribution in [-0.2, 0) is 16.0 Å². The molecule has 0 aromatic heterocycles. The van der Waals surface area contributed by atoms with Gasteiger partial charge in [0.1, 0.15) is 0 Å². The van der Waals surface area contributed by atoms with Crippen molar-refractivity contribution in [3.8, 4) is 11.5 Å². The van der Waals surface area contributed by atoms with Gasteiger partial charge in [0.05, 0.1) is 13.2 Å². The highest BCUT2D eigenvalue weighted by molar-refractivity contribution is 7.99. The third-order valence-corrected chi connectivity index (χ3v) is 6.69. The summed E-state index contributed by atoms with van der Waals surface area (Å²) in [6.45, 7) is 4.54. The van der Waals surface area contributed by atoms with Crippen molar-refractivity contribution in [2.45, 2.75) is 24.8 Å². The first-order valence-corrected chi connectivity index (χ1v) is 10.5. The van der Waals surface area contributed by atoms with Crippen LogP contribution in [-0.4, -0.2) is 67.5 Å². The van der Waals surface area contributed by atoms with Crippen LogP contribution in [0.4, 0.5) is 0 Å². The van der Waals surface area contributed by atoms with Gasteiger partial charge in [-0.25, -0.2) is 0 Å². The third-order valence-electron chi connectivity index (χ3n) is 5.46. The lowest BCUT2D eigenvalue weighted by Crippen LogP contribution is -2.59. The van der Waals surface area contributed by atoms with E-state index in [-0.39, 0.29) is 18.2 Å². The van der Waals surface area contributed by atoms with Crippen molar-refractivity contribution in [3.63, 3.8) is 0 Å². The zero-order chi connectivity index (χ0) is 17.8. The Bertz CT molecular complexity index is 642. The molecule has 3 heterocycles. The predicted molar refractivity (Wildman–Crippen MR) is 101 cm³/mol. The Kier molecular flexibility index (Phi) is 5.57. The van der Waals surface area contributed by atoms with E-state index in [0.717, 1.165) is 62.1 Å². The molecule has 3 aliphatic heterocycles. The fourth-order valence-corrected chi connectivity index (χ4v) is 5.32. The molecule has 1 N–H and O–H groups in total. The predicted octanol–water partition coefficient (Wildman–Crippen LogP) is 1.67. The lowest BCUT2D eigenvalue weighted by atomic mass is 9.95. The molecule has 1 aromatic rings. The summed E-state index contributed by atoms with van der Waals surface area (Å²) in [6, 6.07) is 5.89. The van der Waals surface area contributed by atoms with Gasteiger partial charge >= 0.3 is 0 Å². The average molecular weight is 378 g/mol. The van der Waals surface area contributed by atoms with Gasteiger partial charge in [-0.2, -0.15) is 11.8 Å². The molecule has 1 aromatic carbocycles. The smallest absolute Gasteiger partial charge is 0.231 e. The first-order chi connectivity index (χ1) is 12.8. The molecule has 1 atom stereocenters. The fraction of sp³-hybridized carbons (Fsp3) is 0.632. The first-order valence-electron chi connectivity index (χ1n) is 9.31. The van der Waals surface area contributed by atoms with Crippen molar-refractivity contribution >= 4 is 17.7 Å². The Hall–Kier alpha value is -1.44. The Morgan fingerprint density at radius 3 is 2.88 bits per heavy atom. The summed E-state index contributed by atoms with van der Waals surface area (Å²) in [6.07, 6.45) is 2.34. The number of aryl methyl sites for hydroxylation is 1. The summed E-state index contributed by atoms with van der Waals surface area (Å²) in [5, 5.41) is 3.19. The minimum Gasteiger partial charge on any atom is -0.454 e. The van der Waals surface area contributed by atoms with Crippen molar-refractivity contribution < 1.29 is 19.0 Å². The van der Waals surface area contributed by atoms with Crippen LogP contribution in [0.3, 0.4) is 0 Å². The lowest BCUT2D eigenvalue weighted by Gasteiger charge is -2.43. The number of benzene rings is 1. The second-order valence-electron chi connectivity index (χ2n) is 7.09. The molecule has 6 nitrogen and oxygen atoms in total. The number of rotatable bonds is 6. The molecule has 0 radical (unpaired) electrons. The molecule has 0 aliphatic carbocycles. The second-order valence-corrected chi connectivity index (χ2v) is 8.20. The van der Waals surface area contributed by atoms with E-state index in [1.165, 1.54) is 5.75 Å². The van der Waals surface area contributed by atoms with Crippen molar-refractivity contribution in [1.82, 2.24) is 10.2 Å². The molecule has 0 spiro atoms. The Labute approximate surface area is 158 Å². The molecular weight excluding hydrogens is 352 g/mol. The molecule has 2 saturated heterocycles. The number of thioether (sulfide) groups is 1. The lowest BCUT2D eigenvalue weighted by molar-refractivity contribution is -0.121. The van der Waals surface area contributed by atoms with Crippen LogP contribution in [0, 0.1) is 0 Å². The van der Waals surface area contributed by atoms with Crippen LogP contribution >= 0.6 is 11.8 Å². The van der Waals surface area contributed by atoms with Crippen LogP contribution in [0.25, 0.3) is 0 Å². The van der Waals surface area contributed by atoms with E-state index in [4.69, 9.17) is 14.2 Å². The maximum atomic E-state index is 12.4. The number of carbonyl (C=O) groups is 1. The number of hydrogen-bond donors (Lipinski definition) is 1. The number of amides is 1. The van der Waals surface area contributed by atoms with E-state index in [2.05, 4.69) is 10.2 Å². The van der Waals surface area contributed by atoms with Crippen molar-refractivity contribution in [2.24, 2.45) is 0 Å². The molecule has 7 heteroatoms. The maximum Gasteiger partial charge on any atom is 0.231 e. The number of fused-ring (bicyclic) bond motifs is 1. The standard InChI is InChI=1S/C19H26N2O4S/c22-18(4-2-15-1-3-16-17(11-15)25-14-24-16)20-12-19(5-10-26-13-19)21-6-8-23-9-7-21/h1,3,11H,2,4-10,12-14H2,(H,20,22). The molecule has 26 heavy (non-hydrogen) atoms. The fourth-order valence-electron chi connectivity index (χ4n) is 3.84. The molecule has 0 bridgehead atoms. The number of nitrogens with zero attached hydrogens (tertiary/aromatic N) is 1. The highest BCUT2D eigenvalue weighted by Crippen LogP contribution is 2.34. The Balaban J connectivity index is 1.28. The molecule has 3 aliphatic rings. The van der Waals surface area contributed by atoms with Gasteiger partial charge in [0.15, 0.2) is 11.5 Å². The number of hydrogen-bond acceptors (Lipinski definition) is 6. The molecule has 1 amide bonds. The zero-order valence-electron chi connectivity index (χ0n) is 15.0. The Morgan fingerprint density at radius 1 is 1.23 bits per heavy atom. The van der Waals surface area contributed by atoms with Crippen LogP contribution in [0.5, 0.6) is 11.5 Å². The third kappa shape index (κ3) is 3.94. The van der Waals surface area contributed by atoms with E-state index >= 15 is 0 Å². The maximum absolute atomic E-state index is 12.4. The largest absolute Gasteiger partial charge is 0.454 e. The molecule has 0 saturated carbocycles. The van der Waals surface area contributed by atoms with Crippen LogP contribution < -0.4 is 14.8 Å². The number of morpholine rings is 1. The van der Waals surface area contributed by atoms with E-state index in [1.807, 2.05) is 30.0 Å². The van der Waals surface area contributed by atoms with Gasteiger partial charge in [-0.1, -0.05) is 6.07 Å². The van der Waals surface area contributed by atoms with E-state index in [0.29, 0.717) is 12.8 Å². The SMILES string of the molecule is O=C(CCc1ccc2c(c1)OCO2)NCC1(N2CCOCC2)CCSC1. The van der Waals surface area contributed by atoms with Gasteiger partial charge in [0.2, 0.25) is 12.7 Å². The van der Waals surface area contributed by atoms with Gasteiger partial charge < -0.3 is 19.5 Å². The number of nitrogens with one attached hydrogen (secondary N) is 1. The van der Waals surface area contributed by atoms with E-state index < -0.39 is 0 Å². The molecule has 1 unspecified atom stereocenters. The summed E-state index contributed by atoms with van der Waals surface area (Å²) in [7, 11) is 0. The summed E-state index contributed by atoms with van der Waals surface area (Å²) < 4.78 is 16.2.